The molecule has 1 saturated heterocycles. The molecule has 0 amide bonds. The first-order valence-corrected chi connectivity index (χ1v) is 6.55. The highest BCUT2D eigenvalue weighted by molar-refractivity contribution is 6.00. The molecule has 0 spiro atoms. The molecular weight excluding hydrogens is 290 g/mol. The summed E-state index contributed by atoms with van der Waals surface area (Å²) in [7, 11) is 0. The van der Waals surface area contributed by atoms with E-state index in [2.05, 4.69) is 20.3 Å². The van der Waals surface area contributed by atoms with Crippen LogP contribution in [0.3, 0.4) is 0 Å². The molecular formula is C13H15F4N3O. The van der Waals surface area contributed by atoms with Gasteiger partial charge in [0.15, 0.2) is 0 Å². The molecule has 0 bridgehead atoms. The van der Waals surface area contributed by atoms with Crippen LogP contribution in [-0.2, 0) is 4.84 Å². The third kappa shape index (κ3) is 4.96. The first kappa shape index (κ1) is 15.7. The summed E-state index contributed by atoms with van der Waals surface area (Å²) in [6, 6.07) is 2.59. The van der Waals surface area contributed by atoms with Crippen molar-refractivity contribution in [3.8, 4) is 0 Å². The Labute approximate surface area is 119 Å². The van der Waals surface area contributed by atoms with Gasteiger partial charge in [-0.3, -0.25) is 4.98 Å². The maximum Gasteiger partial charge on any atom is 0.425 e. The van der Waals surface area contributed by atoms with E-state index in [4.69, 9.17) is 0 Å². The van der Waals surface area contributed by atoms with Crippen LogP contribution in [-0.4, -0.2) is 36.6 Å². The summed E-state index contributed by atoms with van der Waals surface area (Å²) in [6.45, 7) is 0.0248. The van der Waals surface area contributed by atoms with Crippen molar-refractivity contribution < 1.29 is 22.4 Å². The molecule has 2 heterocycles. The highest BCUT2D eigenvalue weighted by Gasteiger charge is 2.29. The number of rotatable bonds is 4. The smallest absolute Gasteiger partial charge is 0.386 e. The molecule has 116 valence electrons. The van der Waals surface area contributed by atoms with Gasteiger partial charge < -0.3 is 10.2 Å². The lowest BCUT2D eigenvalue weighted by Crippen LogP contribution is -2.33. The number of hydrogen-bond donors (Lipinski definition) is 1. The third-order valence-corrected chi connectivity index (χ3v) is 3.11. The van der Waals surface area contributed by atoms with Crippen molar-refractivity contribution in [3.05, 3.63) is 29.8 Å². The van der Waals surface area contributed by atoms with Crippen molar-refractivity contribution in [2.75, 3.05) is 19.7 Å². The summed E-state index contributed by atoms with van der Waals surface area (Å²) in [5.41, 5.74) is 0.672. The van der Waals surface area contributed by atoms with Crippen LogP contribution in [0, 0.1) is 11.7 Å². The Kier molecular flexibility index (Phi) is 5.11. The number of nitrogens with zero attached hydrogens (tertiary/aromatic N) is 2. The molecule has 1 aromatic rings. The predicted octanol–water partition coefficient (Wildman–Crippen LogP) is 2.50. The quantitative estimate of drug-likeness (QED) is 0.528. The van der Waals surface area contributed by atoms with E-state index in [1.807, 2.05) is 0 Å². The van der Waals surface area contributed by atoms with E-state index >= 15 is 0 Å². The molecule has 0 aromatic carbocycles. The van der Waals surface area contributed by atoms with Gasteiger partial charge in [-0.25, -0.2) is 4.39 Å². The normalized spacial score (nSPS) is 17.8. The minimum absolute atomic E-state index is 0.0579. The van der Waals surface area contributed by atoms with Crippen molar-refractivity contribution in [3.63, 3.8) is 0 Å². The van der Waals surface area contributed by atoms with E-state index in [0.717, 1.165) is 19.3 Å². The van der Waals surface area contributed by atoms with Gasteiger partial charge in [0.05, 0.1) is 11.9 Å². The third-order valence-electron chi connectivity index (χ3n) is 3.11. The molecule has 1 aliphatic heterocycles. The van der Waals surface area contributed by atoms with E-state index in [0.29, 0.717) is 24.2 Å². The van der Waals surface area contributed by atoms with E-state index in [9.17, 15) is 17.6 Å². The van der Waals surface area contributed by atoms with Crippen LogP contribution in [0.2, 0.25) is 0 Å². The molecule has 1 aromatic heterocycles. The van der Waals surface area contributed by atoms with Crippen molar-refractivity contribution >= 4 is 5.71 Å². The summed E-state index contributed by atoms with van der Waals surface area (Å²) in [4.78, 5) is 8.29. The fourth-order valence-corrected chi connectivity index (χ4v) is 2.13. The summed E-state index contributed by atoms with van der Waals surface area (Å²) in [5.74, 6) is -0.572. The van der Waals surface area contributed by atoms with Crippen LogP contribution >= 0.6 is 0 Å². The molecule has 0 aliphatic carbocycles. The number of aromatic nitrogens is 1. The van der Waals surface area contributed by atoms with Crippen LogP contribution in [0.4, 0.5) is 17.6 Å². The van der Waals surface area contributed by atoms with E-state index in [1.165, 1.54) is 12.1 Å². The lowest BCUT2D eigenvalue weighted by atomic mass is 9.91. The molecule has 4 nitrogen and oxygen atoms in total. The van der Waals surface area contributed by atoms with Crippen LogP contribution in [0.25, 0.3) is 0 Å². The van der Waals surface area contributed by atoms with Gasteiger partial charge >= 0.3 is 6.18 Å². The Morgan fingerprint density at radius 3 is 2.62 bits per heavy atom. The highest BCUT2D eigenvalue weighted by atomic mass is 19.4. The van der Waals surface area contributed by atoms with Crippen molar-refractivity contribution in [2.45, 2.75) is 19.0 Å². The Bertz CT molecular complexity index is 481. The lowest BCUT2D eigenvalue weighted by molar-refractivity contribution is -0.173. The van der Waals surface area contributed by atoms with Gasteiger partial charge in [0, 0.05) is 5.92 Å². The van der Waals surface area contributed by atoms with Gasteiger partial charge in [0.2, 0.25) is 6.61 Å². The molecule has 0 atom stereocenters. The maximum atomic E-state index is 12.9. The zero-order valence-corrected chi connectivity index (χ0v) is 11.2. The fraction of sp³-hybridized carbons (Fsp3) is 0.538. The van der Waals surface area contributed by atoms with Crippen LogP contribution in [0.1, 0.15) is 18.5 Å². The number of piperidine rings is 1. The molecule has 1 aliphatic rings. The Morgan fingerprint density at radius 2 is 2.05 bits per heavy atom. The molecule has 1 N–H and O–H groups in total. The second-order valence-corrected chi connectivity index (χ2v) is 4.75. The first-order valence-electron chi connectivity index (χ1n) is 6.55. The van der Waals surface area contributed by atoms with E-state index < -0.39 is 18.6 Å². The van der Waals surface area contributed by atoms with Gasteiger partial charge in [-0.15, -0.1) is 0 Å². The maximum absolute atomic E-state index is 12.9. The van der Waals surface area contributed by atoms with Gasteiger partial charge in [0.1, 0.15) is 11.5 Å². The molecule has 21 heavy (non-hydrogen) atoms. The summed E-state index contributed by atoms with van der Waals surface area (Å²) in [5, 5.41) is 6.77. The van der Waals surface area contributed by atoms with Crippen molar-refractivity contribution in [2.24, 2.45) is 11.1 Å². The summed E-state index contributed by atoms with van der Waals surface area (Å²) >= 11 is 0. The van der Waals surface area contributed by atoms with Gasteiger partial charge in [-0.05, 0) is 38.1 Å². The monoisotopic (exact) mass is 305 g/mol. The van der Waals surface area contributed by atoms with E-state index in [-0.39, 0.29) is 5.92 Å². The lowest BCUT2D eigenvalue weighted by Gasteiger charge is -2.23. The average Bonchev–Trinajstić information content (AvgIpc) is 2.45. The topological polar surface area (TPSA) is 46.5 Å². The second-order valence-electron chi connectivity index (χ2n) is 4.75. The standard InChI is InChI=1S/C13H15F4N3O/c14-10-1-2-11(19-7-10)12(9-3-5-18-6-4-9)20-21-8-13(15,16)17/h1-2,7,9,18H,3-6,8H2. The van der Waals surface area contributed by atoms with Gasteiger partial charge in [-0.2, -0.15) is 13.2 Å². The average molecular weight is 305 g/mol. The summed E-state index contributed by atoms with van der Waals surface area (Å²) < 4.78 is 49.3. The minimum atomic E-state index is -4.45. The van der Waals surface area contributed by atoms with Crippen molar-refractivity contribution in [1.82, 2.24) is 10.3 Å². The Hall–Kier alpha value is -1.70. The minimum Gasteiger partial charge on any atom is -0.386 e. The van der Waals surface area contributed by atoms with Gasteiger partial charge in [0.25, 0.3) is 0 Å². The molecule has 2 rings (SSSR count). The molecule has 0 radical (unpaired) electrons. The van der Waals surface area contributed by atoms with Crippen molar-refractivity contribution in [1.29, 1.82) is 0 Å². The largest absolute Gasteiger partial charge is 0.425 e. The Morgan fingerprint density at radius 1 is 1.33 bits per heavy atom. The molecule has 0 saturated carbocycles. The van der Waals surface area contributed by atoms with Gasteiger partial charge in [-0.1, -0.05) is 5.16 Å². The number of nitrogens with one attached hydrogen (secondary N) is 1. The van der Waals surface area contributed by atoms with Crippen LogP contribution < -0.4 is 5.32 Å². The molecule has 0 unspecified atom stereocenters. The first-order chi connectivity index (χ1) is 9.96. The SMILES string of the molecule is Fc1ccc(C(=NOCC(F)(F)F)C2CCNCC2)nc1. The number of alkyl halides is 3. The van der Waals surface area contributed by atoms with Crippen LogP contribution in [0.15, 0.2) is 23.5 Å². The number of hydrogen-bond acceptors (Lipinski definition) is 4. The van der Waals surface area contributed by atoms with Crippen LogP contribution in [0.5, 0.6) is 0 Å². The number of halogens is 4. The summed E-state index contributed by atoms with van der Waals surface area (Å²) in [6.07, 6.45) is -2.00. The fourth-order valence-electron chi connectivity index (χ4n) is 2.13. The zero-order chi connectivity index (χ0) is 15.3. The molecule has 8 heteroatoms. The van der Waals surface area contributed by atoms with E-state index in [1.54, 1.807) is 0 Å². The zero-order valence-electron chi connectivity index (χ0n) is 11.2. The highest BCUT2D eigenvalue weighted by Crippen LogP contribution is 2.20. The number of oxime groups is 1. The molecule has 1 fully saturated rings. The predicted molar refractivity (Wildman–Crippen MR) is 68.3 cm³/mol. The second kappa shape index (κ2) is 6.84. The number of pyridine rings is 1. The Balaban J connectivity index is 2.16.